The molecule has 0 amide bonds. The molecule has 1 fully saturated rings. The van der Waals surface area contributed by atoms with E-state index in [0.29, 0.717) is 13.0 Å². The lowest BCUT2D eigenvalue weighted by Crippen LogP contribution is -2.44. The highest BCUT2D eigenvalue weighted by molar-refractivity contribution is 6.74. The third-order valence-electron chi connectivity index (χ3n) is 5.32. The van der Waals surface area contributed by atoms with Crippen LogP contribution >= 0.6 is 0 Å². The number of aliphatic hydroxyl groups is 1. The van der Waals surface area contributed by atoms with E-state index >= 15 is 0 Å². The van der Waals surface area contributed by atoms with E-state index in [9.17, 15) is 5.11 Å². The van der Waals surface area contributed by atoms with E-state index in [1.165, 1.54) is 0 Å². The molecule has 1 saturated heterocycles. The molecule has 26 heavy (non-hydrogen) atoms. The molecule has 0 aliphatic carbocycles. The molecule has 6 nitrogen and oxygen atoms in total. The summed E-state index contributed by atoms with van der Waals surface area (Å²) in [6, 6.07) is 0. The van der Waals surface area contributed by atoms with Crippen LogP contribution in [0, 0.1) is 0 Å². The highest BCUT2D eigenvalue weighted by Gasteiger charge is 2.44. The Labute approximate surface area is 160 Å². The predicted molar refractivity (Wildman–Crippen MR) is 105 cm³/mol. The Kier molecular flexibility index (Phi) is 7.90. The lowest BCUT2D eigenvalue weighted by atomic mass is 10.1. The van der Waals surface area contributed by atoms with Crippen molar-refractivity contribution in [2.24, 2.45) is 0 Å². The normalized spacial score (nSPS) is 25.5. The summed E-state index contributed by atoms with van der Waals surface area (Å²) in [7, 11) is -0.292. The number of ether oxygens (including phenoxy) is 4. The molecule has 2 unspecified atom stereocenters. The number of aliphatic hydroxyl groups excluding tert-OH is 1. The molecule has 1 aliphatic rings. The van der Waals surface area contributed by atoms with Crippen molar-refractivity contribution in [1.82, 2.24) is 0 Å². The number of hydrogen-bond donors (Lipinski definition) is 1. The molecule has 0 spiro atoms. The van der Waals surface area contributed by atoms with Crippen molar-refractivity contribution in [2.45, 2.75) is 103 Å². The average molecular weight is 393 g/mol. The molecule has 1 aliphatic heterocycles. The molecule has 0 aromatic carbocycles. The van der Waals surface area contributed by atoms with Gasteiger partial charge >= 0.3 is 0 Å². The molecule has 0 aromatic rings. The Hall–Kier alpha value is -0.0231. The molecule has 1 heterocycles. The van der Waals surface area contributed by atoms with Crippen LogP contribution in [-0.2, 0) is 23.4 Å². The first-order valence-corrected chi connectivity index (χ1v) is 12.4. The van der Waals surface area contributed by atoms with Gasteiger partial charge in [0, 0.05) is 13.5 Å². The summed E-state index contributed by atoms with van der Waals surface area (Å²) in [6.07, 6.45) is -0.681. The van der Waals surface area contributed by atoms with Crippen LogP contribution in [0.2, 0.25) is 18.1 Å². The summed E-state index contributed by atoms with van der Waals surface area (Å²) in [5.74, 6) is -1.41. The van der Waals surface area contributed by atoms with E-state index in [4.69, 9.17) is 23.4 Å². The number of methoxy groups -OCH3 is 1. The second kappa shape index (κ2) is 8.55. The molecule has 7 heteroatoms. The van der Waals surface area contributed by atoms with Gasteiger partial charge in [0.2, 0.25) is 0 Å². The SMILES string of the molecule is COC(C)(C)OCC(O)C[C@@H]1OC(C)(C)OC1CO[Si](C)(C)C(C)(C)C. The predicted octanol–water partition coefficient (Wildman–Crippen LogP) is 3.68. The maximum Gasteiger partial charge on any atom is 0.192 e. The van der Waals surface area contributed by atoms with Gasteiger partial charge in [-0.3, -0.25) is 0 Å². The van der Waals surface area contributed by atoms with E-state index in [1.54, 1.807) is 7.11 Å². The van der Waals surface area contributed by atoms with Crippen LogP contribution in [0.4, 0.5) is 0 Å². The second-order valence-electron chi connectivity index (χ2n) is 9.59. The Morgan fingerprint density at radius 2 is 1.62 bits per heavy atom. The monoisotopic (exact) mass is 392 g/mol. The minimum Gasteiger partial charge on any atom is -0.414 e. The van der Waals surface area contributed by atoms with E-state index in [-0.39, 0.29) is 23.9 Å². The van der Waals surface area contributed by atoms with Gasteiger partial charge in [-0.15, -0.1) is 0 Å². The molecule has 0 bridgehead atoms. The Bertz CT molecular complexity index is 444. The van der Waals surface area contributed by atoms with Gasteiger partial charge in [0.25, 0.3) is 0 Å². The molecule has 3 atom stereocenters. The number of rotatable bonds is 9. The third-order valence-corrected chi connectivity index (χ3v) is 9.82. The molecule has 0 saturated carbocycles. The largest absolute Gasteiger partial charge is 0.414 e. The molecule has 0 radical (unpaired) electrons. The minimum absolute atomic E-state index is 0.135. The Morgan fingerprint density at radius 3 is 2.12 bits per heavy atom. The molecular formula is C19H40O6Si. The minimum atomic E-state index is -1.87. The fourth-order valence-corrected chi connectivity index (χ4v) is 3.46. The zero-order valence-corrected chi connectivity index (χ0v) is 19.3. The summed E-state index contributed by atoms with van der Waals surface area (Å²) in [6.45, 7) is 19.1. The van der Waals surface area contributed by atoms with Crippen molar-refractivity contribution in [2.75, 3.05) is 20.3 Å². The van der Waals surface area contributed by atoms with Gasteiger partial charge in [-0.05, 0) is 45.8 Å². The summed E-state index contributed by atoms with van der Waals surface area (Å²) < 4.78 is 29.2. The molecule has 0 aromatic heterocycles. The van der Waals surface area contributed by atoms with Crippen LogP contribution < -0.4 is 0 Å². The van der Waals surface area contributed by atoms with Crippen molar-refractivity contribution in [3.8, 4) is 0 Å². The maximum atomic E-state index is 10.4. The Morgan fingerprint density at radius 1 is 1.08 bits per heavy atom. The summed E-state index contributed by atoms with van der Waals surface area (Å²) in [5, 5.41) is 10.5. The van der Waals surface area contributed by atoms with Crippen molar-refractivity contribution in [1.29, 1.82) is 0 Å². The highest BCUT2D eigenvalue weighted by atomic mass is 28.4. The van der Waals surface area contributed by atoms with E-state index < -0.39 is 26.0 Å². The Balaban J connectivity index is 2.64. The summed E-state index contributed by atoms with van der Waals surface area (Å²) >= 11 is 0. The molecule has 156 valence electrons. The van der Waals surface area contributed by atoms with Crippen LogP contribution in [0.15, 0.2) is 0 Å². The highest BCUT2D eigenvalue weighted by Crippen LogP contribution is 2.38. The summed E-state index contributed by atoms with van der Waals surface area (Å²) in [4.78, 5) is 0. The first-order valence-electron chi connectivity index (χ1n) is 9.45. The third kappa shape index (κ3) is 7.18. The lowest BCUT2D eigenvalue weighted by Gasteiger charge is -2.37. The van der Waals surface area contributed by atoms with Gasteiger partial charge < -0.3 is 28.5 Å². The van der Waals surface area contributed by atoms with E-state index in [1.807, 2.05) is 27.7 Å². The first kappa shape index (κ1) is 24.0. The first-order chi connectivity index (χ1) is 11.6. The molecule has 1 N–H and O–H groups in total. The van der Waals surface area contributed by atoms with Crippen LogP contribution in [0.1, 0.15) is 54.9 Å². The fourth-order valence-electron chi connectivity index (χ4n) is 2.45. The molecular weight excluding hydrogens is 352 g/mol. The zero-order chi connectivity index (χ0) is 20.4. The quantitative estimate of drug-likeness (QED) is 0.477. The van der Waals surface area contributed by atoms with Crippen molar-refractivity contribution < 1.29 is 28.5 Å². The van der Waals surface area contributed by atoms with Crippen LogP contribution in [0.25, 0.3) is 0 Å². The molecule has 1 rings (SSSR count). The van der Waals surface area contributed by atoms with Crippen LogP contribution in [-0.4, -0.2) is 63.6 Å². The maximum absolute atomic E-state index is 10.4. The summed E-state index contributed by atoms with van der Waals surface area (Å²) in [5.41, 5.74) is 0. The van der Waals surface area contributed by atoms with Gasteiger partial charge in [-0.1, -0.05) is 20.8 Å². The number of hydrogen-bond acceptors (Lipinski definition) is 6. The second-order valence-corrected chi connectivity index (χ2v) is 14.4. The van der Waals surface area contributed by atoms with Crippen LogP contribution in [0.3, 0.4) is 0 Å². The fraction of sp³-hybridized carbons (Fsp3) is 1.00. The van der Waals surface area contributed by atoms with Crippen molar-refractivity contribution in [3.05, 3.63) is 0 Å². The average Bonchev–Trinajstić information content (AvgIpc) is 2.76. The van der Waals surface area contributed by atoms with E-state index in [2.05, 4.69) is 33.9 Å². The van der Waals surface area contributed by atoms with Gasteiger partial charge in [0.1, 0.15) is 6.10 Å². The smallest absolute Gasteiger partial charge is 0.192 e. The van der Waals surface area contributed by atoms with Gasteiger partial charge in [0.15, 0.2) is 19.9 Å². The standard InChI is InChI=1S/C19H40O6Si/c1-17(2,3)26(9,10)23-13-16-15(24-19(6,7)25-16)11-14(20)12-22-18(4,5)21-8/h14-16,20H,11-13H2,1-10H3/t14?,15-,16?/m0/s1. The zero-order valence-electron chi connectivity index (χ0n) is 18.3. The topological polar surface area (TPSA) is 66.4 Å². The van der Waals surface area contributed by atoms with Crippen molar-refractivity contribution >= 4 is 8.32 Å². The lowest BCUT2D eigenvalue weighted by molar-refractivity contribution is -0.211. The van der Waals surface area contributed by atoms with E-state index in [0.717, 1.165) is 0 Å². The van der Waals surface area contributed by atoms with Crippen molar-refractivity contribution in [3.63, 3.8) is 0 Å². The van der Waals surface area contributed by atoms with Gasteiger partial charge in [0.05, 0.1) is 25.4 Å². The van der Waals surface area contributed by atoms with Crippen LogP contribution in [0.5, 0.6) is 0 Å². The van der Waals surface area contributed by atoms with Gasteiger partial charge in [-0.25, -0.2) is 0 Å². The van der Waals surface area contributed by atoms with Gasteiger partial charge in [-0.2, -0.15) is 0 Å².